The van der Waals surface area contributed by atoms with E-state index in [-0.39, 0.29) is 5.56 Å². The lowest BCUT2D eigenvalue weighted by atomic mass is 9.69. The molecular formula is C16H23NO3. The summed E-state index contributed by atoms with van der Waals surface area (Å²) in [6, 6.07) is 2.10. The van der Waals surface area contributed by atoms with Crippen molar-refractivity contribution in [3.8, 4) is 0 Å². The molecule has 2 saturated carbocycles. The predicted octanol–water partition coefficient (Wildman–Crippen LogP) is 3.28. The highest BCUT2D eigenvalue weighted by Crippen LogP contribution is 2.65. The molecule has 3 rings (SSSR count). The van der Waals surface area contributed by atoms with Crippen molar-refractivity contribution in [3.63, 3.8) is 0 Å². The van der Waals surface area contributed by atoms with Crippen molar-refractivity contribution in [2.75, 3.05) is 0 Å². The van der Waals surface area contributed by atoms with E-state index in [2.05, 4.69) is 26.1 Å². The van der Waals surface area contributed by atoms with Crippen LogP contribution >= 0.6 is 0 Å². The van der Waals surface area contributed by atoms with E-state index in [0.29, 0.717) is 29.2 Å². The van der Waals surface area contributed by atoms with Crippen molar-refractivity contribution >= 4 is 5.97 Å². The number of nitrogens with one attached hydrogen (secondary N) is 1. The lowest BCUT2D eigenvalue weighted by Crippen LogP contribution is -2.44. The second-order valence-corrected chi connectivity index (χ2v) is 7.15. The van der Waals surface area contributed by atoms with Gasteiger partial charge in [0.25, 0.3) is 0 Å². The van der Waals surface area contributed by atoms with Gasteiger partial charge >= 0.3 is 5.97 Å². The van der Waals surface area contributed by atoms with Gasteiger partial charge in [-0.2, -0.15) is 0 Å². The molecule has 1 aromatic heterocycles. The molecule has 0 radical (unpaired) electrons. The second kappa shape index (κ2) is 4.35. The largest absolute Gasteiger partial charge is 0.478 e. The minimum atomic E-state index is -0.937. The molecule has 4 nitrogen and oxygen atoms in total. The zero-order chi connectivity index (χ0) is 14.5. The fourth-order valence-corrected chi connectivity index (χ4v) is 4.32. The summed E-state index contributed by atoms with van der Waals surface area (Å²) in [5.74, 6) is 0.566. The number of carbonyl (C=O) groups is 1. The number of hydrogen-bond donors (Lipinski definition) is 2. The van der Waals surface area contributed by atoms with Gasteiger partial charge in [-0.25, -0.2) is 4.79 Å². The molecule has 0 aliphatic heterocycles. The van der Waals surface area contributed by atoms with E-state index in [9.17, 15) is 4.79 Å². The van der Waals surface area contributed by atoms with Crippen LogP contribution in [0.15, 0.2) is 16.7 Å². The Morgan fingerprint density at radius 3 is 2.75 bits per heavy atom. The third-order valence-electron chi connectivity index (χ3n) is 6.22. The van der Waals surface area contributed by atoms with E-state index >= 15 is 0 Å². The summed E-state index contributed by atoms with van der Waals surface area (Å²) < 4.78 is 5.31. The molecule has 1 heterocycles. The molecule has 1 aromatic rings. The molecule has 2 fully saturated rings. The van der Waals surface area contributed by atoms with Crippen molar-refractivity contribution in [3.05, 3.63) is 23.7 Å². The van der Waals surface area contributed by atoms with Crippen LogP contribution < -0.4 is 5.32 Å². The lowest BCUT2D eigenvalue weighted by molar-refractivity contribution is 0.0696. The topological polar surface area (TPSA) is 62.5 Å². The van der Waals surface area contributed by atoms with Gasteiger partial charge in [-0.1, -0.05) is 20.8 Å². The molecule has 20 heavy (non-hydrogen) atoms. The maximum Gasteiger partial charge on any atom is 0.338 e. The fraction of sp³-hybridized carbons (Fsp3) is 0.688. The highest BCUT2D eigenvalue weighted by Gasteiger charge is 2.60. The Morgan fingerprint density at radius 1 is 1.50 bits per heavy atom. The number of carboxylic acids is 1. The summed E-state index contributed by atoms with van der Waals surface area (Å²) in [6.07, 6.45) is 5.15. The van der Waals surface area contributed by atoms with E-state index in [4.69, 9.17) is 9.52 Å². The summed E-state index contributed by atoms with van der Waals surface area (Å²) in [6.45, 7) is 7.78. The maximum absolute atomic E-state index is 10.8. The van der Waals surface area contributed by atoms with Crippen LogP contribution in [0.1, 0.15) is 56.2 Å². The number of rotatable bonds is 4. The Bertz CT molecular complexity index is 534. The van der Waals surface area contributed by atoms with Gasteiger partial charge in [-0.05, 0) is 42.1 Å². The van der Waals surface area contributed by atoms with Crippen molar-refractivity contribution in [1.82, 2.24) is 5.32 Å². The van der Waals surface area contributed by atoms with Gasteiger partial charge in [0.05, 0.1) is 12.1 Å². The average molecular weight is 277 g/mol. The molecule has 0 amide bonds. The van der Waals surface area contributed by atoms with Gasteiger partial charge in [0.15, 0.2) is 0 Å². The van der Waals surface area contributed by atoms with E-state index in [1.807, 2.05) is 0 Å². The van der Waals surface area contributed by atoms with Gasteiger partial charge < -0.3 is 14.8 Å². The third kappa shape index (κ3) is 1.81. The molecule has 4 heteroatoms. The summed E-state index contributed by atoms with van der Waals surface area (Å²) >= 11 is 0. The molecule has 3 unspecified atom stereocenters. The van der Waals surface area contributed by atoms with Gasteiger partial charge in [-0.3, -0.25) is 0 Å². The van der Waals surface area contributed by atoms with Gasteiger partial charge in [0.1, 0.15) is 12.0 Å². The number of hydrogen-bond acceptors (Lipinski definition) is 3. The molecule has 3 atom stereocenters. The molecular weight excluding hydrogens is 254 g/mol. The standard InChI is InChI=1S/C16H23NO3/c1-15(2)11-4-5-16(15,3)13(7-11)17-8-12-6-10(9-20-12)14(18)19/h6,9,11,13,17H,4-5,7-8H2,1-3H3,(H,18,19). The van der Waals surface area contributed by atoms with Crippen LogP contribution in [0.4, 0.5) is 0 Å². The number of fused-ring (bicyclic) bond motifs is 2. The molecule has 0 spiro atoms. The van der Waals surface area contributed by atoms with Crippen molar-refractivity contribution < 1.29 is 14.3 Å². The van der Waals surface area contributed by atoms with Gasteiger partial charge in [-0.15, -0.1) is 0 Å². The smallest absolute Gasteiger partial charge is 0.338 e. The quantitative estimate of drug-likeness (QED) is 0.886. The molecule has 2 aliphatic carbocycles. The highest BCUT2D eigenvalue weighted by atomic mass is 16.4. The molecule has 0 saturated heterocycles. The van der Waals surface area contributed by atoms with E-state index in [0.717, 1.165) is 5.92 Å². The number of carboxylic acid groups (broad SMARTS) is 1. The predicted molar refractivity (Wildman–Crippen MR) is 75.5 cm³/mol. The van der Waals surface area contributed by atoms with Crippen LogP contribution in [0, 0.1) is 16.7 Å². The first-order chi connectivity index (χ1) is 9.34. The monoisotopic (exact) mass is 277 g/mol. The number of aromatic carboxylic acids is 1. The summed E-state index contributed by atoms with van der Waals surface area (Å²) in [5.41, 5.74) is 0.946. The Balaban J connectivity index is 1.66. The normalized spacial score (nSPS) is 34.5. The highest BCUT2D eigenvalue weighted by molar-refractivity contribution is 5.87. The molecule has 0 aromatic carbocycles. The molecule has 2 aliphatic rings. The Hall–Kier alpha value is -1.29. The zero-order valence-corrected chi connectivity index (χ0v) is 12.4. The zero-order valence-electron chi connectivity index (χ0n) is 12.4. The number of furan rings is 1. The molecule has 2 N–H and O–H groups in total. The third-order valence-corrected chi connectivity index (χ3v) is 6.22. The molecule has 110 valence electrons. The van der Waals surface area contributed by atoms with Crippen molar-refractivity contribution in [2.24, 2.45) is 16.7 Å². The first-order valence-corrected chi connectivity index (χ1v) is 7.39. The van der Waals surface area contributed by atoms with Crippen LogP contribution in [0.2, 0.25) is 0 Å². The first kappa shape index (κ1) is 13.7. The summed E-state index contributed by atoms with van der Waals surface area (Å²) in [7, 11) is 0. The van der Waals surface area contributed by atoms with E-state index < -0.39 is 5.97 Å². The van der Waals surface area contributed by atoms with Crippen LogP contribution in [-0.4, -0.2) is 17.1 Å². The molecule has 2 bridgehead atoms. The van der Waals surface area contributed by atoms with Gasteiger partial charge in [0, 0.05) is 6.04 Å². The van der Waals surface area contributed by atoms with Crippen LogP contribution in [0.5, 0.6) is 0 Å². The Kier molecular flexibility index (Phi) is 2.98. The second-order valence-electron chi connectivity index (χ2n) is 7.15. The summed E-state index contributed by atoms with van der Waals surface area (Å²) in [5, 5.41) is 12.5. The minimum absolute atomic E-state index is 0.223. The minimum Gasteiger partial charge on any atom is -0.478 e. The average Bonchev–Trinajstić information content (AvgIpc) is 2.98. The first-order valence-electron chi connectivity index (χ1n) is 7.39. The van der Waals surface area contributed by atoms with Gasteiger partial charge in [0.2, 0.25) is 0 Å². The van der Waals surface area contributed by atoms with E-state index in [1.165, 1.54) is 25.5 Å². The van der Waals surface area contributed by atoms with Crippen LogP contribution in [0.3, 0.4) is 0 Å². The Morgan fingerprint density at radius 2 is 2.25 bits per heavy atom. The van der Waals surface area contributed by atoms with Crippen molar-refractivity contribution in [1.29, 1.82) is 0 Å². The Labute approximate surface area is 119 Å². The van der Waals surface area contributed by atoms with Crippen molar-refractivity contribution in [2.45, 2.75) is 52.6 Å². The lowest BCUT2D eigenvalue weighted by Gasteiger charge is -2.39. The fourth-order valence-electron chi connectivity index (χ4n) is 4.32. The van der Waals surface area contributed by atoms with E-state index in [1.54, 1.807) is 6.07 Å². The van der Waals surface area contributed by atoms with Crippen LogP contribution in [0.25, 0.3) is 0 Å². The van der Waals surface area contributed by atoms with Crippen LogP contribution in [-0.2, 0) is 6.54 Å². The SMILES string of the molecule is CC1(C)C2CCC1(C)C(NCc1cc(C(=O)O)co1)C2. The summed E-state index contributed by atoms with van der Waals surface area (Å²) in [4.78, 5) is 10.8. The maximum atomic E-state index is 10.8.